The van der Waals surface area contributed by atoms with Crippen molar-refractivity contribution < 1.29 is 18.3 Å². The Bertz CT molecular complexity index is 627. The summed E-state index contributed by atoms with van der Waals surface area (Å²) in [6.45, 7) is -2.87. The molecule has 21 heavy (non-hydrogen) atoms. The number of nitrogens with one attached hydrogen (secondary N) is 1. The molecule has 5 nitrogen and oxygen atoms in total. The van der Waals surface area contributed by atoms with Crippen LogP contribution < -0.4 is 10.1 Å². The summed E-state index contributed by atoms with van der Waals surface area (Å²) in [6, 6.07) is 5.77. The highest BCUT2D eigenvalue weighted by Gasteiger charge is 2.16. The molecule has 0 radical (unpaired) electrons. The highest BCUT2D eigenvalue weighted by Crippen LogP contribution is 2.20. The molecule has 1 aromatic heterocycles. The van der Waals surface area contributed by atoms with Crippen LogP contribution in [0.4, 0.5) is 8.78 Å². The van der Waals surface area contributed by atoms with Crippen molar-refractivity contribution in [2.24, 2.45) is 7.05 Å². The lowest BCUT2D eigenvalue weighted by Gasteiger charge is -2.11. The van der Waals surface area contributed by atoms with E-state index in [0.29, 0.717) is 10.7 Å². The minimum absolute atomic E-state index is 0.0242. The summed E-state index contributed by atoms with van der Waals surface area (Å²) < 4.78 is 30.4. The molecule has 0 bridgehead atoms. The molecule has 0 unspecified atom stereocenters. The van der Waals surface area contributed by atoms with Gasteiger partial charge in [0.2, 0.25) is 0 Å². The van der Waals surface area contributed by atoms with Crippen LogP contribution in [0.2, 0.25) is 5.02 Å². The van der Waals surface area contributed by atoms with Crippen LogP contribution >= 0.6 is 11.6 Å². The lowest BCUT2D eigenvalue weighted by Crippen LogP contribution is -2.25. The third-order valence-corrected chi connectivity index (χ3v) is 3.09. The Balaban J connectivity index is 2.10. The van der Waals surface area contributed by atoms with Crippen LogP contribution in [-0.4, -0.2) is 22.3 Å². The smallest absolute Gasteiger partial charge is 0.387 e. The van der Waals surface area contributed by atoms with Gasteiger partial charge in [0.15, 0.2) is 0 Å². The topological polar surface area (TPSA) is 56.2 Å². The van der Waals surface area contributed by atoms with Gasteiger partial charge in [0.05, 0.1) is 29.0 Å². The second-order valence-corrected chi connectivity index (χ2v) is 4.53. The van der Waals surface area contributed by atoms with E-state index in [1.807, 2.05) is 0 Å². The van der Waals surface area contributed by atoms with Gasteiger partial charge in [-0.1, -0.05) is 23.7 Å². The van der Waals surface area contributed by atoms with Crippen molar-refractivity contribution in [3.63, 3.8) is 0 Å². The monoisotopic (exact) mass is 315 g/mol. The van der Waals surface area contributed by atoms with E-state index in [2.05, 4.69) is 15.2 Å². The Kier molecular flexibility index (Phi) is 4.74. The Morgan fingerprint density at radius 2 is 2.19 bits per heavy atom. The van der Waals surface area contributed by atoms with Crippen molar-refractivity contribution in [1.29, 1.82) is 0 Å². The van der Waals surface area contributed by atoms with Crippen LogP contribution in [0, 0.1) is 0 Å². The predicted molar refractivity (Wildman–Crippen MR) is 72.5 cm³/mol. The molecule has 0 spiro atoms. The number of alkyl halides is 2. The normalized spacial score (nSPS) is 10.7. The maximum absolute atomic E-state index is 12.3. The summed E-state index contributed by atoms with van der Waals surface area (Å²) in [5.74, 6) is -0.718. The van der Waals surface area contributed by atoms with Crippen LogP contribution in [0.25, 0.3) is 0 Å². The number of para-hydroxylation sites is 1. The van der Waals surface area contributed by atoms with E-state index in [4.69, 9.17) is 11.6 Å². The Morgan fingerprint density at radius 3 is 2.81 bits per heavy atom. The van der Waals surface area contributed by atoms with Crippen molar-refractivity contribution in [3.05, 3.63) is 46.7 Å². The molecule has 0 saturated heterocycles. The quantitative estimate of drug-likeness (QED) is 0.922. The van der Waals surface area contributed by atoms with Crippen molar-refractivity contribution >= 4 is 17.5 Å². The van der Waals surface area contributed by atoms with E-state index in [0.717, 1.165) is 0 Å². The highest BCUT2D eigenvalue weighted by molar-refractivity contribution is 6.31. The average molecular weight is 316 g/mol. The molecule has 2 aromatic rings. The number of hydrogen-bond donors (Lipinski definition) is 1. The fraction of sp³-hybridized carbons (Fsp3) is 0.231. The Labute approximate surface area is 124 Å². The first-order valence-corrected chi connectivity index (χ1v) is 6.35. The van der Waals surface area contributed by atoms with E-state index in [9.17, 15) is 13.6 Å². The first-order chi connectivity index (χ1) is 9.99. The van der Waals surface area contributed by atoms with Gasteiger partial charge >= 0.3 is 6.61 Å². The Morgan fingerprint density at radius 1 is 1.48 bits per heavy atom. The zero-order valence-corrected chi connectivity index (χ0v) is 11.8. The first kappa shape index (κ1) is 15.2. The number of amides is 1. The maximum atomic E-state index is 12.3. The molecular weight excluding hydrogens is 304 g/mol. The number of carbonyl (C=O) groups is 1. The lowest BCUT2D eigenvalue weighted by atomic mass is 10.2. The highest BCUT2D eigenvalue weighted by atomic mass is 35.5. The van der Waals surface area contributed by atoms with Crippen molar-refractivity contribution in [3.8, 4) is 5.75 Å². The number of ether oxygens (including phenoxy) is 1. The van der Waals surface area contributed by atoms with Crippen LogP contribution in [0.15, 0.2) is 30.5 Å². The predicted octanol–water partition coefficient (Wildman–Crippen LogP) is 2.60. The van der Waals surface area contributed by atoms with E-state index in [-0.39, 0.29) is 17.9 Å². The molecule has 2 rings (SSSR count). The number of aromatic nitrogens is 2. The third kappa shape index (κ3) is 3.69. The van der Waals surface area contributed by atoms with E-state index >= 15 is 0 Å². The molecule has 1 amide bonds. The van der Waals surface area contributed by atoms with Crippen LogP contribution in [0.3, 0.4) is 0 Å². The maximum Gasteiger partial charge on any atom is 0.387 e. The zero-order chi connectivity index (χ0) is 15.4. The van der Waals surface area contributed by atoms with Gasteiger partial charge < -0.3 is 10.1 Å². The second-order valence-electron chi connectivity index (χ2n) is 4.12. The standard InChI is InChI=1S/C13H12ClF2N3O2/c1-19-10(9(14)6-18-19)7-17-12(20)8-4-2-3-5-11(8)21-13(15)16/h2-6,13H,7H2,1H3,(H,17,20). The summed E-state index contributed by atoms with van der Waals surface area (Å²) in [7, 11) is 1.68. The fourth-order valence-corrected chi connectivity index (χ4v) is 1.98. The number of rotatable bonds is 5. The summed E-state index contributed by atoms with van der Waals surface area (Å²) in [5.41, 5.74) is 0.633. The summed E-state index contributed by atoms with van der Waals surface area (Å²) in [6.07, 6.45) is 1.46. The minimum atomic E-state index is -2.99. The van der Waals surface area contributed by atoms with Crippen molar-refractivity contribution in [2.75, 3.05) is 0 Å². The second kappa shape index (κ2) is 6.53. The number of benzene rings is 1. The van der Waals surface area contributed by atoms with Crippen LogP contribution in [0.5, 0.6) is 5.75 Å². The number of nitrogens with zero attached hydrogens (tertiary/aromatic N) is 2. The zero-order valence-electron chi connectivity index (χ0n) is 11.0. The van der Waals surface area contributed by atoms with Crippen LogP contribution in [0.1, 0.15) is 16.1 Å². The Hall–Kier alpha value is -2.15. The van der Waals surface area contributed by atoms with Gasteiger partial charge in [0.1, 0.15) is 5.75 Å². The molecule has 0 aliphatic carbocycles. The summed E-state index contributed by atoms with van der Waals surface area (Å²) >= 11 is 5.92. The molecule has 1 N–H and O–H groups in total. The molecule has 0 fully saturated rings. The molecule has 0 aliphatic rings. The summed E-state index contributed by atoms with van der Waals surface area (Å²) in [5, 5.41) is 6.93. The third-order valence-electron chi connectivity index (χ3n) is 2.77. The largest absolute Gasteiger partial charge is 0.434 e. The number of aryl methyl sites for hydroxylation is 1. The van der Waals surface area contributed by atoms with Crippen molar-refractivity contribution in [2.45, 2.75) is 13.2 Å². The van der Waals surface area contributed by atoms with E-state index in [1.54, 1.807) is 13.1 Å². The van der Waals surface area contributed by atoms with Gasteiger partial charge in [0.25, 0.3) is 5.91 Å². The molecule has 112 valence electrons. The van der Waals surface area contributed by atoms with Gasteiger partial charge in [-0.2, -0.15) is 13.9 Å². The molecule has 1 aromatic carbocycles. The summed E-state index contributed by atoms with van der Waals surface area (Å²) in [4.78, 5) is 12.1. The fourth-order valence-electron chi connectivity index (χ4n) is 1.75. The molecule has 1 heterocycles. The van der Waals surface area contributed by atoms with Gasteiger partial charge in [-0.15, -0.1) is 0 Å². The number of halogens is 3. The first-order valence-electron chi connectivity index (χ1n) is 5.97. The minimum Gasteiger partial charge on any atom is -0.434 e. The van der Waals surface area contributed by atoms with Gasteiger partial charge in [-0.05, 0) is 12.1 Å². The van der Waals surface area contributed by atoms with Gasteiger partial charge in [-0.3, -0.25) is 9.48 Å². The van der Waals surface area contributed by atoms with E-state index in [1.165, 1.54) is 29.1 Å². The SMILES string of the molecule is Cn1ncc(Cl)c1CNC(=O)c1ccccc1OC(F)F. The number of hydrogen-bond acceptors (Lipinski definition) is 3. The number of carbonyl (C=O) groups excluding carboxylic acids is 1. The molecule has 0 atom stereocenters. The van der Waals surface area contributed by atoms with E-state index < -0.39 is 12.5 Å². The molecule has 0 aliphatic heterocycles. The average Bonchev–Trinajstić information content (AvgIpc) is 2.75. The molecular formula is C13H12ClF2N3O2. The molecule has 8 heteroatoms. The molecule has 0 saturated carbocycles. The van der Waals surface area contributed by atoms with Crippen LogP contribution in [-0.2, 0) is 13.6 Å². The van der Waals surface area contributed by atoms with Crippen molar-refractivity contribution in [1.82, 2.24) is 15.1 Å². The van der Waals surface area contributed by atoms with Gasteiger partial charge in [0, 0.05) is 7.05 Å². The van der Waals surface area contributed by atoms with Gasteiger partial charge in [-0.25, -0.2) is 0 Å². The lowest BCUT2D eigenvalue weighted by molar-refractivity contribution is -0.0501.